The smallest absolute Gasteiger partial charge is 0.340 e. The molecule has 0 aliphatic heterocycles. The van der Waals surface area contributed by atoms with Crippen LogP contribution in [0.4, 0.5) is 11.4 Å². The minimum atomic E-state index is -0.355. The monoisotopic (exact) mass is 294 g/mol. The third kappa shape index (κ3) is 6.04. The number of carbonyl (C=O) groups is 1. The Kier molecular flexibility index (Phi) is 8.28. The molecule has 0 amide bonds. The van der Waals surface area contributed by atoms with Gasteiger partial charge < -0.3 is 20.5 Å². The molecule has 0 unspecified atom stereocenters. The van der Waals surface area contributed by atoms with E-state index in [-0.39, 0.29) is 5.97 Å². The van der Waals surface area contributed by atoms with E-state index in [9.17, 15) is 4.79 Å². The molecule has 0 radical (unpaired) electrons. The number of para-hydroxylation sites is 1. The first-order valence-electron chi connectivity index (χ1n) is 7.57. The van der Waals surface area contributed by atoms with Crippen molar-refractivity contribution in [2.75, 3.05) is 37.4 Å². The zero-order chi connectivity index (χ0) is 15.5. The molecule has 1 aromatic rings. The van der Waals surface area contributed by atoms with Crippen LogP contribution in [0.3, 0.4) is 0 Å². The predicted octanol–water partition coefficient (Wildman–Crippen LogP) is 3.06. The summed E-state index contributed by atoms with van der Waals surface area (Å²) in [5, 5.41) is 3.21. The number of carbonyl (C=O) groups excluding carboxylic acids is 1. The molecule has 0 spiro atoms. The van der Waals surface area contributed by atoms with Crippen molar-refractivity contribution in [2.24, 2.45) is 0 Å². The normalized spacial score (nSPS) is 10.4. The number of hydrogen-bond donors (Lipinski definition) is 2. The molecular formula is C16H26N2O3. The molecule has 0 saturated carbocycles. The summed E-state index contributed by atoms with van der Waals surface area (Å²) in [4.78, 5) is 11.9. The van der Waals surface area contributed by atoms with Gasteiger partial charge in [0, 0.05) is 19.8 Å². The SMILES string of the molecule is CCCCOCCCNc1c(N)cccc1C(=O)OCC. The summed E-state index contributed by atoms with van der Waals surface area (Å²) in [6.07, 6.45) is 3.09. The third-order valence-electron chi connectivity index (χ3n) is 3.00. The molecular weight excluding hydrogens is 268 g/mol. The van der Waals surface area contributed by atoms with Crippen LogP contribution in [-0.4, -0.2) is 32.3 Å². The van der Waals surface area contributed by atoms with E-state index in [0.29, 0.717) is 36.7 Å². The molecule has 5 nitrogen and oxygen atoms in total. The number of benzene rings is 1. The fourth-order valence-electron chi connectivity index (χ4n) is 1.88. The van der Waals surface area contributed by atoms with E-state index in [4.69, 9.17) is 15.2 Å². The van der Waals surface area contributed by atoms with Crippen LogP contribution in [0.1, 0.15) is 43.5 Å². The number of unbranched alkanes of at least 4 members (excludes halogenated alkanes) is 1. The summed E-state index contributed by atoms with van der Waals surface area (Å²) in [6, 6.07) is 5.23. The van der Waals surface area contributed by atoms with Gasteiger partial charge in [-0.25, -0.2) is 4.79 Å². The van der Waals surface area contributed by atoms with Gasteiger partial charge in [-0.3, -0.25) is 0 Å². The highest BCUT2D eigenvalue weighted by atomic mass is 16.5. The van der Waals surface area contributed by atoms with Gasteiger partial charge in [0.2, 0.25) is 0 Å². The van der Waals surface area contributed by atoms with Crippen molar-refractivity contribution in [2.45, 2.75) is 33.1 Å². The van der Waals surface area contributed by atoms with Gasteiger partial charge in [-0.1, -0.05) is 19.4 Å². The molecule has 0 fully saturated rings. The zero-order valence-electron chi connectivity index (χ0n) is 13.0. The Morgan fingerprint density at radius 3 is 2.71 bits per heavy atom. The molecule has 118 valence electrons. The number of nitrogen functional groups attached to an aromatic ring is 1. The van der Waals surface area contributed by atoms with Crippen molar-refractivity contribution in [1.82, 2.24) is 0 Å². The van der Waals surface area contributed by atoms with Crippen LogP contribution < -0.4 is 11.1 Å². The Morgan fingerprint density at radius 2 is 2.00 bits per heavy atom. The van der Waals surface area contributed by atoms with Crippen LogP contribution in [0.15, 0.2) is 18.2 Å². The van der Waals surface area contributed by atoms with E-state index in [1.165, 1.54) is 0 Å². The maximum atomic E-state index is 11.9. The zero-order valence-corrected chi connectivity index (χ0v) is 13.0. The topological polar surface area (TPSA) is 73.6 Å². The number of nitrogens with two attached hydrogens (primary N) is 1. The molecule has 0 heterocycles. The van der Waals surface area contributed by atoms with E-state index >= 15 is 0 Å². The lowest BCUT2D eigenvalue weighted by molar-refractivity contribution is 0.0527. The molecule has 5 heteroatoms. The second-order valence-electron chi connectivity index (χ2n) is 4.74. The number of ether oxygens (including phenoxy) is 2. The van der Waals surface area contributed by atoms with E-state index in [0.717, 1.165) is 25.9 Å². The summed E-state index contributed by atoms with van der Waals surface area (Å²) >= 11 is 0. The van der Waals surface area contributed by atoms with E-state index in [1.54, 1.807) is 25.1 Å². The van der Waals surface area contributed by atoms with E-state index < -0.39 is 0 Å². The second-order valence-corrected chi connectivity index (χ2v) is 4.74. The largest absolute Gasteiger partial charge is 0.462 e. The van der Waals surface area contributed by atoms with Crippen molar-refractivity contribution in [3.05, 3.63) is 23.8 Å². The number of nitrogens with one attached hydrogen (secondary N) is 1. The molecule has 3 N–H and O–H groups in total. The fourth-order valence-corrected chi connectivity index (χ4v) is 1.88. The van der Waals surface area contributed by atoms with Crippen molar-refractivity contribution in [1.29, 1.82) is 0 Å². The Bertz CT molecular complexity index is 436. The minimum Gasteiger partial charge on any atom is -0.462 e. The van der Waals surface area contributed by atoms with Gasteiger partial charge in [-0.05, 0) is 31.9 Å². The second kappa shape index (κ2) is 10.0. The van der Waals surface area contributed by atoms with Gasteiger partial charge >= 0.3 is 5.97 Å². The number of hydrogen-bond acceptors (Lipinski definition) is 5. The highest BCUT2D eigenvalue weighted by Gasteiger charge is 2.14. The Balaban J connectivity index is 2.48. The molecule has 0 bridgehead atoms. The molecule has 1 rings (SSSR count). The Morgan fingerprint density at radius 1 is 1.24 bits per heavy atom. The van der Waals surface area contributed by atoms with Gasteiger partial charge in [-0.2, -0.15) is 0 Å². The summed E-state index contributed by atoms with van der Waals surface area (Å²) in [7, 11) is 0. The van der Waals surface area contributed by atoms with Crippen LogP contribution in [0.25, 0.3) is 0 Å². The lowest BCUT2D eigenvalue weighted by atomic mass is 10.1. The van der Waals surface area contributed by atoms with Crippen LogP contribution in [0.5, 0.6) is 0 Å². The van der Waals surface area contributed by atoms with Gasteiger partial charge in [0.1, 0.15) is 0 Å². The van der Waals surface area contributed by atoms with Crippen molar-refractivity contribution in [3.8, 4) is 0 Å². The molecule has 21 heavy (non-hydrogen) atoms. The summed E-state index contributed by atoms with van der Waals surface area (Å²) in [5.41, 5.74) is 7.60. The fraction of sp³-hybridized carbons (Fsp3) is 0.562. The molecule has 0 atom stereocenters. The lowest BCUT2D eigenvalue weighted by Crippen LogP contribution is -2.13. The summed E-state index contributed by atoms with van der Waals surface area (Å²) in [6.45, 7) is 6.47. The van der Waals surface area contributed by atoms with Crippen molar-refractivity contribution in [3.63, 3.8) is 0 Å². The molecule has 0 saturated heterocycles. The van der Waals surface area contributed by atoms with Gasteiger partial charge in [0.15, 0.2) is 0 Å². The van der Waals surface area contributed by atoms with Gasteiger partial charge in [0.05, 0.1) is 23.5 Å². The first-order chi connectivity index (χ1) is 10.2. The van der Waals surface area contributed by atoms with Crippen LogP contribution in [-0.2, 0) is 9.47 Å². The average Bonchev–Trinajstić information content (AvgIpc) is 2.47. The first kappa shape index (κ1) is 17.3. The van der Waals surface area contributed by atoms with E-state index in [1.807, 2.05) is 0 Å². The molecule has 0 aliphatic carbocycles. The number of anilines is 2. The summed E-state index contributed by atoms with van der Waals surface area (Å²) < 4.78 is 10.5. The van der Waals surface area contributed by atoms with Crippen molar-refractivity contribution >= 4 is 17.3 Å². The summed E-state index contributed by atoms with van der Waals surface area (Å²) in [5.74, 6) is -0.355. The molecule has 0 aromatic heterocycles. The van der Waals surface area contributed by atoms with Gasteiger partial charge in [0.25, 0.3) is 0 Å². The standard InChI is InChI=1S/C16H26N2O3/c1-3-5-11-20-12-7-10-18-15-13(16(19)21-4-2)8-6-9-14(15)17/h6,8-9,18H,3-5,7,10-12,17H2,1-2H3. The van der Waals surface area contributed by atoms with Crippen LogP contribution in [0, 0.1) is 0 Å². The minimum absolute atomic E-state index is 0.346. The van der Waals surface area contributed by atoms with Gasteiger partial charge in [-0.15, -0.1) is 0 Å². The Hall–Kier alpha value is -1.75. The van der Waals surface area contributed by atoms with E-state index in [2.05, 4.69) is 12.2 Å². The predicted molar refractivity (Wildman–Crippen MR) is 85.6 cm³/mol. The maximum absolute atomic E-state index is 11.9. The Labute approximate surface area is 126 Å². The molecule has 1 aromatic carbocycles. The highest BCUT2D eigenvalue weighted by molar-refractivity contribution is 5.98. The maximum Gasteiger partial charge on any atom is 0.340 e. The quantitative estimate of drug-likeness (QED) is 0.394. The molecule has 0 aliphatic rings. The average molecular weight is 294 g/mol. The number of esters is 1. The highest BCUT2D eigenvalue weighted by Crippen LogP contribution is 2.24. The number of rotatable bonds is 10. The first-order valence-corrected chi connectivity index (χ1v) is 7.57. The lowest BCUT2D eigenvalue weighted by Gasteiger charge is -2.13. The van der Waals surface area contributed by atoms with Crippen LogP contribution >= 0.6 is 0 Å². The third-order valence-corrected chi connectivity index (χ3v) is 3.00. The van der Waals surface area contributed by atoms with Crippen LogP contribution in [0.2, 0.25) is 0 Å². The van der Waals surface area contributed by atoms with Crippen molar-refractivity contribution < 1.29 is 14.3 Å².